The van der Waals surface area contributed by atoms with E-state index in [1.165, 1.54) is 0 Å². The van der Waals surface area contributed by atoms with E-state index >= 15 is 0 Å². The molecule has 3 N–H and O–H groups in total. The molecular weight excluding hydrogens is 226 g/mol. The zero-order valence-electron chi connectivity index (χ0n) is 10.8. The van der Waals surface area contributed by atoms with Crippen LogP contribution in [0.4, 0.5) is 0 Å². The molecule has 1 aromatic carbocycles. The van der Waals surface area contributed by atoms with Gasteiger partial charge in [-0.25, -0.2) is 4.98 Å². The molecule has 4 nitrogen and oxygen atoms in total. The number of hydrogen-bond donors (Lipinski definition) is 2. The fourth-order valence-corrected chi connectivity index (χ4v) is 1.80. The zero-order valence-corrected chi connectivity index (χ0v) is 10.8. The highest BCUT2D eigenvalue weighted by atomic mass is 16.5. The maximum Gasteiger partial charge on any atom is 0.118 e. The smallest absolute Gasteiger partial charge is 0.118 e. The number of imidazole rings is 1. The van der Waals surface area contributed by atoms with Crippen molar-refractivity contribution >= 4 is 0 Å². The van der Waals surface area contributed by atoms with Crippen molar-refractivity contribution in [1.29, 1.82) is 0 Å². The van der Waals surface area contributed by atoms with E-state index in [4.69, 9.17) is 10.5 Å². The first-order valence-electron chi connectivity index (χ1n) is 6.11. The minimum Gasteiger partial charge on any atom is -0.497 e. The second-order valence-electron chi connectivity index (χ2n) is 4.52. The van der Waals surface area contributed by atoms with Crippen molar-refractivity contribution in [3.8, 4) is 17.0 Å². The third kappa shape index (κ3) is 2.90. The summed E-state index contributed by atoms with van der Waals surface area (Å²) in [5.41, 5.74) is 7.75. The molecule has 0 saturated heterocycles. The molecule has 0 saturated carbocycles. The monoisotopic (exact) mass is 245 g/mol. The van der Waals surface area contributed by atoms with Gasteiger partial charge in [0.25, 0.3) is 0 Å². The number of benzene rings is 1. The van der Waals surface area contributed by atoms with E-state index in [9.17, 15) is 0 Å². The standard InChI is InChI=1S/C14H19N3O/c1-10(8-15)7-14-16-9-13(17-14)11-3-5-12(18-2)6-4-11/h3-6,9-10H,7-8,15H2,1-2H3,(H,16,17). The van der Waals surface area contributed by atoms with Gasteiger partial charge in [0.1, 0.15) is 11.6 Å². The van der Waals surface area contributed by atoms with Gasteiger partial charge in [-0.2, -0.15) is 0 Å². The van der Waals surface area contributed by atoms with Gasteiger partial charge >= 0.3 is 0 Å². The lowest BCUT2D eigenvalue weighted by Gasteiger charge is -2.04. The highest BCUT2D eigenvalue weighted by Gasteiger charge is 2.06. The Labute approximate surface area is 107 Å². The van der Waals surface area contributed by atoms with Gasteiger partial charge in [-0.3, -0.25) is 0 Å². The molecule has 0 aliphatic carbocycles. The summed E-state index contributed by atoms with van der Waals surface area (Å²) in [5, 5.41) is 0. The number of hydrogen-bond acceptors (Lipinski definition) is 3. The minimum atomic E-state index is 0.444. The first kappa shape index (κ1) is 12.6. The molecular formula is C14H19N3O. The Bertz CT molecular complexity index is 490. The fourth-order valence-electron chi connectivity index (χ4n) is 1.80. The Kier molecular flexibility index (Phi) is 3.99. The second kappa shape index (κ2) is 5.69. The minimum absolute atomic E-state index is 0.444. The molecule has 0 amide bonds. The van der Waals surface area contributed by atoms with E-state index in [2.05, 4.69) is 16.9 Å². The van der Waals surface area contributed by atoms with Crippen molar-refractivity contribution < 1.29 is 4.74 Å². The number of ether oxygens (including phenoxy) is 1. The Morgan fingerprint density at radius 1 is 1.33 bits per heavy atom. The Morgan fingerprint density at radius 2 is 2.06 bits per heavy atom. The lowest BCUT2D eigenvalue weighted by molar-refractivity contribution is 0.415. The maximum absolute atomic E-state index is 5.61. The van der Waals surface area contributed by atoms with Crippen LogP contribution in [0.1, 0.15) is 12.7 Å². The van der Waals surface area contributed by atoms with E-state index in [-0.39, 0.29) is 0 Å². The molecule has 0 bridgehead atoms. The van der Waals surface area contributed by atoms with Crippen LogP contribution in [-0.2, 0) is 6.42 Å². The molecule has 1 aromatic heterocycles. The summed E-state index contributed by atoms with van der Waals surface area (Å²) in [7, 11) is 1.66. The zero-order chi connectivity index (χ0) is 13.0. The molecule has 0 aliphatic rings. The van der Waals surface area contributed by atoms with Crippen LogP contribution in [0.3, 0.4) is 0 Å². The predicted molar refractivity (Wildman–Crippen MR) is 72.5 cm³/mol. The van der Waals surface area contributed by atoms with E-state index in [0.717, 1.165) is 29.3 Å². The molecule has 1 heterocycles. The van der Waals surface area contributed by atoms with Crippen LogP contribution in [0.5, 0.6) is 5.75 Å². The van der Waals surface area contributed by atoms with Gasteiger partial charge in [0.2, 0.25) is 0 Å². The normalized spacial score (nSPS) is 12.4. The molecule has 2 aromatic rings. The average molecular weight is 245 g/mol. The van der Waals surface area contributed by atoms with Crippen LogP contribution in [0.15, 0.2) is 30.5 Å². The van der Waals surface area contributed by atoms with Gasteiger partial charge in [0.05, 0.1) is 19.0 Å². The lowest BCUT2D eigenvalue weighted by atomic mass is 10.1. The molecule has 1 unspecified atom stereocenters. The number of rotatable bonds is 5. The first-order valence-corrected chi connectivity index (χ1v) is 6.11. The van der Waals surface area contributed by atoms with Crippen molar-refractivity contribution in [2.24, 2.45) is 11.7 Å². The number of nitrogens with two attached hydrogens (primary N) is 1. The third-order valence-electron chi connectivity index (χ3n) is 2.97. The van der Waals surface area contributed by atoms with Crippen LogP contribution in [-0.4, -0.2) is 23.6 Å². The molecule has 18 heavy (non-hydrogen) atoms. The third-order valence-corrected chi connectivity index (χ3v) is 2.97. The van der Waals surface area contributed by atoms with Crippen molar-refractivity contribution in [3.05, 3.63) is 36.3 Å². The molecule has 0 aliphatic heterocycles. The molecule has 0 spiro atoms. The van der Waals surface area contributed by atoms with Gasteiger partial charge in [-0.05, 0) is 42.3 Å². The lowest BCUT2D eigenvalue weighted by Crippen LogP contribution is -2.13. The summed E-state index contributed by atoms with van der Waals surface area (Å²) in [6, 6.07) is 7.92. The number of nitrogens with one attached hydrogen (secondary N) is 1. The fraction of sp³-hybridized carbons (Fsp3) is 0.357. The van der Waals surface area contributed by atoms with Crippen molar-refractivity contribution in [2.45, 2.75) is 13.3 Å². The summed E-state index contributed by atoms with van der Waals surface area (Å²) >= 11 is 0. The van der Waals surface area contributed by atoms with Crippen LogP contribution in [0, 0.1) is 5.92 Å². The molecule has 0 fully saturated rings. The van der Waals surface area contributed by atoms with E-state index < -0.39 is 0 Å². The molecule has 96 valence electrons. The van der Waals surface area contributed by atoms with Gasteiger partial charge < -0.3 is 15.5 Å². The summed E-state index contributed by atoms with van der Waals surface area (Å²) in [4.78, 5) is 7.71. The van der Waals surface area contributed by atoms with E-state index in [1.807, 2.05) is 30.5 Å². The summed E-state index contributed by atoms with van der Waals surface area (Å²) in [5.74, 6) is 2.29. The van der Waals surface area contributed by atoms with Crippen molar-refractivity contribution in [3.63, 3.8) is 0 Å². The average Bonchev–Trinajstić information content (AvgIpc) is 2.87. The Morgan fingerprint density at radius 3 is 2.67 bits per heavy atom. The number of H-pyrrole nitrogens is 1. The predicted octanol–water partition coefficient (Wildman–Crippen LogP) is 2.22. The van der Waals surface area contributed by atoms with Crippen molar-refractivity contribution in [2.75, 3.05) is 13.7 Å². The summed E-state index contributed by atoms with van der Waals surface area (Å²) in [6.45, 7) is 2.80. The Balaban J connectivity index is 2.13. The van der Waals surface area contributed by atoms with Crippen LogP contribution in [0.2, 0.25) is 0 Å². The van der Waals surface area contributed by atoms with E-state index in [1.54, 1.807) is 7.11 Å². The summed E-state index contributed by atoms with van der Waals surface area (Å²) < 4.78 is 5.14. The largest absolute Gasteiger partial charge is 0.497 e. The number of aromatic nitrogens is 2. The molecule has 0 radical (unpaired) electrons. The first-order chi connectivity index (χ1) is 8.72. The second-order valence-corrected chi connectivity index (χ2v) is 4.52. The SMILES string of the molecule is COc1ccc(-c2cnc(CC(C)CN)[nH]2)cc1. The number of aromatic amines is 1. The number of nitrogens with zero attached hydrogens (tertiary/aromatic N) is 1. The summed E-state index contributed by atoms with van der Waals surface area (Å²) in [6.07, 6.45) is 2.74. The van der Waals surface area contributed by atoms with E-state index in [0.29, 0.717) is 12.5 Å². The van der Waals surface area contributed by atoms with Crippen LogP contribution < -0.4 is 10.5 Å². The highest BCUT2D eigenvalue weighted by molar-refractivity contribution is 5.59. The number of methoxy groups -OCH3 is 1. The Hall–Kier alpha value is -1.81. The maximum atomic E-state index is 5.61. The van der Waals surface area contributed by atoms with Gasteiger partial charge in [0.15, 0.2) is 0 Å². The molecule has 4 heteroatoms. The topological polar surface area (TPSA) is 63.9 Å². The van der Waals surface area contributed by atoms with Crippen LogP contribution in [0.25, 0.3) is 11.3 Å². The molecule has 2 rings (SSSR count). The highest BCUT2D eigenvalue weighted by Crippen LogP contribution is 2.21. The van der Waals surface area contributed by atoms with Gasteiger partial charge in [-0.1, -0.05) is 6.92 Å². The quantitative estimate of drug-likeness (QED) is 0.849. The van der Waals surface area contributed by atoms with Crippen molar-refractivity contribution in [1.82, 2.24) is 9.97 Å². The van der Waals surface area contributed by atoms with Gasteiger partial charge in [-0.15, -0.1) is 0 Å². The van der Waals surface area contributed by atoms with Crippen LogP contribution >= 0.6 is 0 Å². The molecule has 1 atom stereocenters. The van der Waals surface area contributed by atoms with Gasteiger partial charge in [0, 0.05) is 6.42 Å².